The molecule has 0 amide bonds. The number of aromatic hydroxyl groups is 1. The highest BCUT2D eigenvalue weighted by atomic mass is 16.3. The average molecular weight is 231 g/mol. The second-order valence-corrected chi connectivity index (χ2v) is 5.17. The maximum Gasteiger partial charge on any atom is 0.124 e. The fourth-order valence-corrected chi connectivity index (χ4v) is 2.54. The number of phenolic OH excluding ortho intramolecular Hbond substituents is 1. The Kier molecular flexibility index (Phi) is 3.82. The Morgan fingerprint density at radius 1 is 1.24 bits per heavy atom. The lowest BCUT2D eigenvalue weighted by Gasteiger charge is -2.31. The minimum Gasteiger partial charge on any atom is -0.507 e. The molecule has 0 aromatic heterocycles. The summed E-state index contributed by atoms with van der Waals surface area (Å²) in [5.74, 6) is 1.72. The van der Waals surface area contributed by atoms with Crippen LogP contribution in [0.4, 0.5) is 0 Å². The van der Waals surface area contributed by atoms with Gasteiger partial charge in [-0.1, -0.05) is 38.8 Å². The summed E-state index contributed by atoms with van der Waals surface area (Å²) < 4.78 is 0. The van der Waals surface area contributed by atoms with Crippen LogP contribution >= 0.6 is 0 Å². The number of nitrogens with zero attached hydrogens (tertiary/aromatic N) is 1. The van der Waals surface area contributed by atoms with E-state index in [0.717, 1.165) is 11.5 Å². The molecule has 0 aliphatic heterocycles. The van der Waals surface area contributed by atoms with Crippen molar-refractivity contribution in [2.45, 2.75) is 39.2 Å². The Labute approximate surface area is 103 Å². The Morgan fingerprint density at radius 2 is 2.00 bits per heavy atom. The molecule has 2 rings (SSSR count). The molecular weight excluding hydrogens is 210 g/mol. The van der Waals surface area contributed by atoms with Crippen molar-refractivity contribution in [3.63, 3.8) is 0 Å². The van der Waals surface area contributed by atoms with Crippen LogP contribution in [0, 0.1) is 11.8 Å². The van der Waals surface area contributed by atoms with Crippen molar-refractivity contribution < 1.29 is 5.11 Å². The van der Waals surface area contributed by atoms with Crippen molar-refractivity contribution in [2.75, 3.05) is 0 Å². The molecule has 1 N–H and O–H groups in total. The highest BCUT2D eigenvalue weighted by Gasteiger charge is 2.25. The topological polar surface area (TPSA) is 32.6 Å². The molecule has 0 heterocycles. The SMILES string of the molecule is C[C@@H]1[C@H](C)CCC[C@@H]1N=Cc1ccccc1O. The number of phenols is 1. The molecule has 1 fully saturated rings. The van der Waals surface area contributed by atoms with Gasteiger partial charge in [-0.05, 0) is 30.4 Å². The van der Waals surface area contributed by atoms with E-state index in [1.807, 2.05) is 24.4 Å². The van der Waals surface area contributed by atoms with Crippen LogP contribution in [0.1, 0.15) is 38.7 Å². The van der Waals surface area contributed by atoms with Gasteiger partial charge in [0.05, 0.1) is 6.04 Å². The summed E-state index contributed by atoms with van der Waals surface area (Å²) in [4.78, 5) is 4.66. The van der Waals surface area contributed by atoms with Crippen molar-refractivity contribution in [3.05, 3.63) is 29.8 Å². The Morgan fingerprint density at radius 3 is 2.76 bits per heavy atom. The van der Waals surface area contributed by atoms with Crippen molar-refractivity contribution >= 4 is 6.21 Å². The predicted molar refractivity (Wildman–Crippen MR) is 71.7 cm³/mol. The van der Waals surface area contributed by atoms with E-state index in [0.29, 0.717) is 17.7 Å². The predicted octanol–water partition coefficient (Wildman–Crippen LogP) is 3.64. The molecule has 1 saturated carbocycles. The van der Waals surface area contributed by atoms with Crippen molar-refractivity contribution in [1.82, 2.24) is 0 Å². The number of benzene rings is 1. The fourth-order valence-electron chi connectivity index (χ4n) is 2.54. The quantitative estimate of drug-likeness (QED) is 0.774. The Bertz CT molecular complexity index is 400. The number of hydrogen-bond donors (Lipinski definition) is 1. The average Bonchev–Trinajstić information content (AvgIpc) is 2.33. The number of rotatable bonds is 2. The summed E-state index contributed by atoms with van der Waals surface area (Å²) in [5.41, 5.74) is 0.818. The van der Waals surface area contributed by atoms with Gasteiger partial charge in [0.25, 0.3) is 0 Å². The van der Waals surface area contributed by atoms with Gasteiger partial charge in [-0.3, -0.25) is 4.99 Å². The summed E-state index contributed by atoms with van der Waals surface area (Å²) in [6.07, 6.45) is 5.60. The van der Waals surface area contributed by atoms with Crippen molar-refractivity contribution in [1.29, 1.82) is 0 Å². The molecule has 1 aliphatic carbocycles. The minimum atomic E-state index is 0.313. The van der Waals surface area contributed by atoms with Gasteiger partial charge in [-0.25, -0.2) is 0 Å². The van der Waals surface area contributed by atoms with Crippen molar-refractivity contribution in [3.8, 4) is 5.75 Å². The monoisotopic (exact) mass is 231 g/mol. The largest absolute Gasteiger partial charge is 0.507 e. The molecule has 3 atom stereocenters. The first-order valence-corrected chi connectivity index (χ1v) is 6.49. The zero-order valence-electron chi connectivity index (χ0n) is 10.6. The highest BCUT2D eigenvalue weighted by molar-refractivity contribution is 5.83. The molecule has 17 heavy (non-hydrogen) atoms. The second-order valence-electron chi connectivity index (χ2n) is 5.17. The lowest BCUT2D eigenvalue weighted by Crippen LogP contribution is -2.27. The van der Waals surface area contributed by atoms with E-state index in [-0.39, 0.29) is 0 Å². The van der Waals surface area contributed by atoms with Crippen LogP contribution in [0.3, 0.4) is 0 Å². The van der Waals surface area contributed by atoms with Crippen LogP contribution in [0.5, 0.6) is 5.75 Å². The van der Waals surface area contributed by atoms with Crippen LogP contribution in [0.25, 0.3) is 0 Å². The molecule has 0 unspecified atom stereocenters. The number of hydrogen-bond acceptors (Lipinski definition) is 2. The molecule has 0 radical (unpaired) electrons. The number of para-hydroxylation sites is 1. The molecule has 1 aliphatic rings. The van der Waals surface area contributed by atoms with Crippen LogP contribution in [-0.4, -0.2) is 17.4 Å². The lowest BCUT2D eigenvalue weighted by molar-refractivity contribution is 0.242. The van der Waals surface area contributed by atoms with E-state index in [1.165, 1.54) is 19.3 Å². The smallest absolute Gasteiger partial charge is 0.124 e. The molecular formula is C15H21NO. The number of aliphatic imine (C=N–C) groups is 1. The van der Waals surface area contributed by atoms with Gasteiger partial charge >= 0.3 is 0 Å². The van der Waals surface area contributed by atoms with Crippen LogP contribution in [0.2, 0.25) is 0 Å². The Balaban J connectivity index is 2.08. The zero-order valence-corrected chi connectivity index (χ0v) is 10.6. The molecule has 92 valence electrons. The second kappa shape index (κ2) is 5.35. The van der Waals surface area contributed by atoms with Gasteiger partial charge < -0.3 is 5.11 Å². The van der Waals surface area contributed by atoms with Gasteiger partial charge in [-0.15, -0.1) is 0 Å². The highest BCUT2D eigenvalue weighted by Crippen LogP contribution is 2.31. The third kappa shape index (κ3) is 2.87. The Hall–Kier alpha value is -1.31. The van der Waals surface area contributed by atoms with Gasteiger partial charge in [0.15, 0.2) is 0 Å². The first-order chi connectivity index (χ1) is 8.18. The molecule has 0 saturated heterocycles. The summed E-state index contributed by atoms with van der Waals surface area (Å²) in [6.45, 7) is 4.60. The maximum atomic E-state index is 9.67. The van der Waals surface area contributed by atoms with Crippen LogP contribution < -0.4 is 0 Å². The van der Waals surface area contributed by atoms with Gasteiger partial charge in [0, 0.05) is 11.8 Å². The van der Waals surface area contributed by atoms with E-state index in [9.17, 15) is 5.11 Å². The third-order valence-electron chi connectivity index (χ3n) is 4.01. The minimum absolute atomic E-state index is 0.313. The summed E-state index contributed by atoms with van der Waals surface area (Å²) in [5, 5.41) is 9.67. The van der Waals surface area contributed by atoms with E-state index in [1.54, 1.807) is 6.07 Å². The van der Waals surface area contributed by atoms with Gasteiger partial charge in [0.1, 0.15) is 5.75 Å². The molecule has 1 aromatic rings. The first kappa shape index (κ1) is 12.2. The molecule has 2 nitrogen and oxygen atoms in total. The van der Waals surface area contributed by atoms with Crippen LogP contribution in [-0.2, 0) is 0 Å². The van der Waals surface area contributed by atoms with E-state index in [2.05, 4.69) is 18.8 Å². The van der Waals surface area contributed by atoms with E-state index < -0.39 is 0 Å². The first-order valence-electron chi connectivity index (χ1n) is 6.49. The standard InChI is InChI=1S/C15H21NO/c1-11-6-5-8-14(12(11)2)16-10-13-7-3-4-9-15(13)17/h3-4,7,9-12,14,17H,5-6,8H2,1-2H3/t11-,12-,14+/m1/s1. The lowest BCUT2D eigenvalue weighted by atomic mass is 9.78. The summed E-state index contributed by atoms with van der Waals surface area (Å²) >= 11 is 0. The molecule has 1 aromatic carbocycles. The maximum absolute atomic E-state index is 9.67. The molecule has 0 bridgehead atoms. The molecule has 0 spiro atoms. The zero-order chi connectivity index (χ0) is 12.3. The normalized spacial score (nSPS) is 29.6. The van der Waals surface area contributed by atoms with E-state index in [4.69, 9.17) is 0 Å². The summed E-state index contributed by atoms with van der Waals surface area (Å²) in [6, 6.07) is 7.77. The van der Waals surface area contributed by atoms with E-state index >= 15 is 0 Å². The van der Waals surface area contributed by atoms with Gasteiger partial charge in [-0.2, -0.15) is 0 Å². The fraction of sp³-hybridized carbons (Fsp3) is 0.533. The third-order valence-corrected chi connectivity index (χ3v) is 4.01. The van der Waals surface area contributed by atoms with Crippen LogP contribution in [0.15, 0.2) is 29.3 Å². The van der Waals surface area contributed by atoms with Crippen molar-refractivity contribution in [2.24, 2.45) is 16.8 Å². The molecule has 2 heteroatoms. The summed E-state index contributed by atoms with van der Waals surface area (Å²) in [7, 11) is 0. The van der Waals surface area contributed by atoms with Gasteiger partial charge in [0.2, 0.25) is 0 Å².